The summed E-state index contributed by atoms with van der Waals surface area (Å²) in [6.07, 6.45) is 7.59. The number of hydrogen-bond acceptors (Lipinski definition) is 2. The van der Waals surface area contributed by atoms with Gasteiger partial charge in [0.05, 0.1) is 6.54 Å². The van der Waals surface area contributed by atoms with E-state index in [2.05, 4.69) is 27.8 Å². The Hall–Kier alpha value is -2.04. The number of pyridine rings is 1. The van der Waals surface area contributed by atoms with Gasteiger partial charge in [0.2, 0.25) is 0 Å². The summed E-state index contributed by atoms with van der Waals surface area (Å²) in [4.78, 5) is 26.4. The molecule has 114 valence electrons. The molecule has 0 unspecified atom stereocenters. The maximum absolute atomic E-state index is 11.8. The van der Waals surface area contributed by atoms with Crippen molar-refractivity contribution >= 4 is 6.03 Å². The number of urea groups is 1. The number of rotatable bonds is 4. The highest BCUT2D eigenvalue weighted by molar-refractivity contribution is 5.73. The molecule has 0 aliphatic heterocycles. The van der Waals surface area contributed by atoms with Gasteiger partial charge in [-0.25, -0.2) is 4.79 Å². The van der Waals surface area contributed by atoms with Crippen molar-refractivity contribution in [2.45, 2.75) is 39.7 Å². The van der Waals surface area contributed by atoms with Crippen molar-refractivity contribution in [3.8, 4) is 0 Å². The molecule has 21 heavy (non-hydrogen) atoms. The van der Waals surface area contributed by atoms with E-state index in [1.165, 1.54) is 0 Å². The Morgan fingerprint density at radius 1 is 1.33 bits per heavy atom. The number of H-pyrrole nitrogens is 1. The van der Waals surface area contributed by atoms with E-state index in [0.717, 1.165) is 30.5 Å². The van der Waals surface area contributed by atoms with Crippen molar-refractivity contribution in [1.82, 2.24) is 15.6 Å². The normalized spacial score (nSPS) is 17.5. The first-order valence-electron chi connectivity index (χ1n) is 7.42. The molecule has 1 heterocycles. The Morgan fingerprint density at radius 2 is 2.14 bits per heavy atom. The second kappa shape index (κ2) is 7.11. The number of nitrogens with one attached hydrogen (secondary N) is 3. The summed E-state index contributed by atoms with van der Waals surface area (Å²) in [5, 5.41) is 5.63. The highest BCUT2D eigenvalue weighted by Gasteiger charge is 2.12. The Labute approximate surface area is 124 Å². The lowest BCUT2D eigenvalue weighted by molar-refractivity contribution is 0.238. The van der Waals surface area contributed by atoms with Crippen molar-refractivity contribution in [2.75, 3.05) is 6.54 Å². The molecule has 0 saturated heterocycles. The first-order chi connectivity index (χ1) is 10.1. The zero-order valence-electron chi connectivity index (χ0n) is 12.7. The Balaban J connectivity index is 1.81. The molecule has 0 bridgehead atoms. The molecular weight excluding hydrogens is 266 g/mol. The molecule has 5 heteroatoms. The average molecular weight is 289 g/mol. The molecule has 1 aromatic heterocycles. The highest BCUT2D eigenvalue weighted by Crippen LogP contribution is 2.16. The summed E-state index contributed by atoms with van der Waals surface area (Å²) in [6.45, 7) is 4.65. The Bertz CT molecular complexity index is 590. The van der Waals surface area contributed by atoms with Crippen molar-refractivity contribution in [3.63, 3.8) is 0 Å². The van der Waals surface area contributed by atoms with E-state index < -0.39 is 0 Å². The highest BCUT2D eigenvalue weighted by atomic mass is 16.2. The zero-order valence-corrected chi connectivity index (χ0v) is 12.7. The third-order valence-electron chi connectivity index (χ3n) is 3.85. The van der Waals surface area contributed by atoms with Gasteiger partial charge in [0, 0.05) is 17.8 Å². The number of hydrogen-bond donors (Lipinski definition) is 3. The quantitative estimate of drug-likeness (QED) is 0.743. The van der Waals surface area contributed by atoms with E-state index in [-0.39, 0.29) is 18.1 Å². The van der Waals surface area contributed by atoms with Crippen LogP contribution in [0.15, 0.2) is 23.0 Å². The lowest BCUT2D eigenvalue weighted by atomic mass is 9.94. The third-order valence-corrected chi connectivity index (χ3v) is 3.85. The van der Waals surface area contributed by atoms with Crippen LogP contribution >= 0.6 is 0 Å². The van der Waals surface area contributed by atoms with Crippen LogP contribution in [0, 0.1) is 19.8 Å². The molecule has 1 aliphatic carbocycles. The number of allylic oxidation sites excluding steroid dienone is 2. The largest absolute Gasteiger partial charge is 0.338 e. The summed E-state index contributed by atoms with van der Waals surface area (Å²) >= 11 is 0. The van der Waals surface area contributed by atoms with Gasteiger partial charge in [-0.2, -0.15) is 0 Å². The van der Waals surface area contributed by atoms with Gasteiger partial charge in [0.15, 0.2) is 0 Å². The second-order valence-corrected chi connectivity index (χ2v) is 5.66. The second-order valence-electron chi connectivity index (χ2n) is 5.66. The van der Waals surface area contributed by atoms with Gasteiger partial charge in [-0.3, -0.25) is 4.79 Å². The van der Waals surface area contributed by atoms with E-state index in [1.54, 1.807) is 0 Å². The monoisotopic (exact) mass is 289 g/mol. The van der Waals surface area contributed by atoms with E-state index in [1.807, 2.05) is 19.9 Å². The number of amides is 2. The maximum atomic E-state index is 11.8. The molecule has 3 N–H and O–H groups in total. The molecule has 1 aliphatic rings. The van der Waals surface area contributed by atoms with Crippen molar-refractivity contribution in [1.29, 1.82) is 0 Å². The average Bonchev–Trinajstić information content (AvgIpc) is 2.45. The summed E-state index contributed by atoms with van der Waals surface area (Å²) < 4.78 is 0. The minimum absolute atomic E-state index is 0.134. The molecule has 0 aromatic carbocycles. The standard InChI is InChI=1S/C16H23N3O2/c1-11-8-12(2)19-15(20)14(11)10-18-16(21)17-9-13-6-4-3-5-7-13/h3-4,8,13H,5-7,9-10H2,1-2H3,(H,19,20)(H2,17,18,21)/t13-/m0/s1. The van der Waals surface area contributed by atoms with Crippen LogP contribution < -0.4 is 16.2 Å². The van der Waals surface area contributed by atoms with Gasteiger partial charge >= 0.3 is 6.03 Å². The molecule has 0 saturated carbocycles. The Morgan fingerprint density at radius 3 is 2.81 bits per heavy atom. The number of carbonyl (C=O) groups is 1. The first kappa shape index (κ1) is 15.4. The summed E-state index contributed by atoms with van der Waals surface area (Å²) in [5.41, 5.74) is 2.20. The SMILES string of the molecule is Cc1cc(C)c(CNC(=O)NC[C@H]2CC=CCC2)c(=O)[nH]1. The first-order valence-corrected chi connectivity index (χ1v) is 7.42. The van der Waals surface area contributed by atoms with Crippen molar-refractivity contribution in [3.05, 3.63) is 45.4 Å². The number of aromatic nitrogens is 1. The fraction of sp³-hybridized carbons (Fsp3) is 0.500. The summed E-state index contributed by atoms with van der Waals surface area (Å²) in [6, 6.07) is 1.69. The molecule has 0 spiro atoms. The van der Waals surface area contributed by atoms with Crippen LogP contribution in [0.5, 0.6) is 0 Å². The van der Waals surface area contributed by atoms with Crippen LogP contribution in [0.2, 0.25) is 0 Å². The van der Waals surface area contributed by atoms with Gasteiger partial charge in [-0.1, -0.05) is 12.2 Å². The van der Waals surface area contributed by atoms with Crippen molar-refractivity contribution in [2.24, 2.45) is 5.92 Å². The van der Waals surface area contributed by atoms with Crippen LogP contribution in [0.4, 0.5) is 4.79 Å². The van der Waals surface area contributed by atoms with Gasteiger partial charge in [0.1, 0.15) is 0 Å². The van der Waals surface area contributed by atoms with Crippen LogP contribution in [-0.2, 0) is 6.54 Å². The molecule has 0 fully saturated rings. The van der Waals surface area contributed by atoms with Crippen molar-refractivity contribution < 1.29 is 4.79 Å². The molecule has 0 radical (unpaired) electrons. The lowest BCUT2D eigenvalue weighted by Gasteiger charge is -2.18. The molecular formula is C16H23N3O2. The van der Waals surface area contributed by atoms with E-state index in [4.69, 9.17) is 0 Å². The predicted molar refractivity (Wildman–Crippen MR) is 83.3 cm³/mol. The number of carbonyl (C=O) groups excluding carboxylic acids is 1. The molecule has 1 atom stereocenters. The summed E-state index contributed by atoms with van der Waals surface area (Å²) in [5.74, 6) is 0.519. The molecule has 2 rings (SSSR count). The Kier molecular flexibility index (Phi) is 5.20. The van der Waals surface area contributed by atoms with Gasteiger partial charge < -0.3 is 15.6 Å². The summed E-state index contributed by atoms with van der Waals surface area (Å²) in [7, 11) is 0. The van der Waals surface area contributed by atoms with E-state index in [0.29, 0.717) is 18.0 Å². The fourth-order valence-corrected chi connectivity index (χ4v) is 2.61. The van der Waals surface area contributed by atoms with Crippen LogP contribution in [0.1, 0.15) is 36.1 Å². The maximum Gasteiger partial charge on any atom is 0.315 e. The molecule has 5 nitrogen and oxygen atoms in total. The van der Waals surface area contributed by atoms with Gasteiger partial charge in [-0.15, -0.1) is 0 Å². The minimum atomic E-state index is -0.219. The molecule has 1 aromatic rings. The topological polar surface area (TPSA) is 74.0 Å². The predicted octanol–water partition coefficient (Wildman–Crippen LogP) is 2.15. The van der Waals surface area contributed by atoms with E-state index >= 15 is 0 Å². The number of aryl methyl sites for hydroxylation is 2. The van der Waals surface area contributed by atoms with Crippen LogP contribution in [-0.4, -0.2) is 17.6 Å². The minimum Gasteiger partial charge on any atom is -0.338 e. The zero-order chi connectivity index (χ0) is 15.2. The third kappa shape index (κ3) is 4.48. The lowest BCUT2D eigenvalue weighted by Crippen LogP contribution is -2.39. The van der Waals surface area contributed by atoms with Crippen LogP contribution in [0.25, 0.3) is 0 Å². The van der Waals surface area contributed by atoms with E-state index in [9.17, 15) is 9.59 Å². The fourth-order valence-electron chi connectivity index (χ4n) is 2.61. The van der Waals surface area contributed by atoms with Gasteiger partial charge in [-0.05, 0) is 50.7 Å². The smallest absolute Gasteiger partial charge is 0.315 e. The molecule has 2 amide bonds. The van der Waals surface area contributed by atoms with Crippen LogP contribution in [0.3, 0.4) is 0 Å². The number of aromatic amines is 1. The van der Waals surface area contributed by atoms with Gasteiger partial charge in [0.25, 0.3) is 5.56 Å².